The maximum atomic E-state index is 12.8. The summed E-state index contributed by atoms with van der Waals surface area (Å²) >= 11 is 1.55. The first kappa shape index (κ1) is 18.5. The molecule has 0 radical (unpaired) electrons. The standard InChI is InChI=1S/C17H18FNO3S2/c1-13(20)19-15-5-7-16(8-6-15)23-11-2-12-24(21,22)17-9-3-14(18)4-10-17/h3-10H,2,11-12H2,1H3,(H,19,20). The Hall–Kier alpha value is -1.86. The van der Waals surface area contributed by atoms with Crippen molar-refractivity contribution >= 4 is 33.2 Å². The number of carbonyl (C=O) groups is 1. The van der Waals surface area contributed by atoms with Gasteiger partial charge in [-0.2, -0.15) is 0 Å². The van der Waals surface area contributed by atoms with Gasteiger partial charge in [-0.05, 0) is 60.7 Å². The molecule has 2 aromatic carbocycles. The molecule has 24 heavy (non-hydrogen) atoms. The van der Waals surface area contributed by atoms with E-state index in [0.29, 0.717) is 12.2 Å². The van der Waals surface area contributed by atoms with Crippen LogP contribution in [-0.4, -0.2) is 25.8 Å². The number of thioether (sulfide) groups is 1. The van der Waals surface area contributed by atoms with E-state index in [9.17, 15) is 17.6 Å². The second kappa shape index (κ2) is 8.30. The number of hydrogen-bond acceptors (Lipinski definition) is 4. The van der Waals surface area contributed by atoms with Crippen LogP contribution in [0.2, 0.25) is 0 Å². The second-order valence-electron chi connectivity index (χ2n) is 5.18. The SMILES string of the molecule is CC(=O)Nc1ccc(SCCCS(=O)(=O)c2ccc(F)cc2)cc1. The molecule has 0 aliphatic rings. The summed E-state index contributed by atoms with van der Waals surface area (Å²) in [6.07, 6.45) is 0.498. The Morgan fingerprint density at radius 1 is 1.08 bits per heavy atom. The van der Waals surface area contributed by atoms with Crippen LogP contribution in [0.1, 0.15) is 13.3 Å². The Bertz CT molecular complexity index is 788. The van der Waals surface area contributed by atoms with Gasteiger partial charge in [0.25, 0.3) is 0 Å². The Balaban J connectivity index is 1.82. The summed E-state index contributed by atoms with van der Waals surface area (Å²) in [6.45, 7) is 1.45. The van der Waals surface area contributed by atoms with Gasteiger partial charge >= 0.3 is 0 Å². The van der Waals surface area contributed by atoms with Crippen molar-refractivity contribution in [3.8, 4) is 0 Å². The predicted molar refractivity (Wildman–Crippen MR) is 94.5 cm³/mol. The smallest absolute Gasteiger partial charge is 0.221 e. The third kappa shape index (κ3) is 5.65. The maximum Gasteiger partial charge on any atom is 0.221 e. The number of hydrogen-bond donors (Lipinski definition) is 1. The largest absolute Gasteiger partial charge is 0.326 e. The van der Waals surface area contributed by atoms with Gasteiger partial charge in [-0.3, -0.25) is 4.79 Å². The summed E-state index contributed by atoms with van der Waals surface area (Å²) in [7, 11) is -3.38. The molecular weight excluding hydrogens is 349 g/mol. The minimum absolute atomic E-state index is 0.0234. The van der Waals surface area contributed by atoms with E-state index in [-0.39, 0.29) is 16.6 Å². The van der Waals surface area contributed by atoms with Gasteiger partial charge in [0.05, 0.1) is 10.6 Å². The lowest BCUT2D eigenvalue weighted by molar-refractivity contribution is -0.114. The maximum absolute atomic E-state index is 12.8. The summed E-state index contributed by atoms with van der Waals surface area (Å²) in [4.78, 5) is 12.1. The van der Waals surface area contributed by atoms with E-state index in [1.165, 1.54) is 19.1 Å². The quantitative estimate of drug-likeness (QED) is 0.460. The van der Waals surface area contributed by atoms with Gasteiger partial charge in [-0.25, -0.2) is 12.8 Å². The minimum atomic E-state index is -3.38. The number of carbonyl (C=O) groups excluding carboxylic acids is 1. The predicted octanol–water partition coefficient (Wildman–Crippen LogP) is 3.74. The Kier molecular flexibility index (Phi) is 6.39. The van der Waals surface area contributed by atoms with Gasteiger partial charge in [-0.1, -0.05) is 0 Å². The normalized spacial score (nSPS) is 11.2. The van der Waals surface area contributed by atoms with Gasteiger partial charge in [0, 0.05) is 17.5 Å². The van der Waals surface area contributed by atoms with Crippen LogP contribution in [-0.2, 0) is 14.6 Å². The molecular formula is C17H18FNO3S2. The van der Waals surface area contributed by atoms with E-state index < -0.39 is 15.7 Å². The van der Waals surface area contributed by atoms with Crippen LogP contribution in [0.25, 0.3) is 0 Å². The van der Waals surface area contributed by atoms with E-state index >= 15 is 0 Å². The Morgan fingerprint density at radius 2 is 1.71 bits per heavy atom. The zero-order chi connectivity index (χ0) is 17.6. The van der Waals surface area contributed by atoms with Crippen molar-refractivity contribution in [3.63, 3.8) is 0 Å². The fourth-order valence-corrected chi connectivity index (χ4v) is 4.38. The van der Waals surface area contributed by atoms with Gasteiger partial charge < -0.3 is 5.32 Å². The highest BCUT2D eigenvalue weighted by Gasteiger charge is 2.13. The molecule has 0 spiro atoms. The van der Waals surface area contributed by atoms with Crippen molar-refractivity contribution in [3.05, 3.63) is 54.3 Å². The van der Waals surface area contributed by atoms with E-state index in [0.717, 1.165) is 22.7 Å². The summed E-state index contributed by atoms with van der Waals surface area (Å²) in [5, 5.41) is 2.69. The summed E-state index contributed by atoms with van der Waals surface area (Å²) in [5.41, 5.74) is 0.728. The molecule has 2 aromatic rings. The number of benzene rings is 2. The Labute approximate surface area is 145 Å². The molecule has 4 nitrogen and oxygen atoms in total. The van der Waals surface area contributed by atoms with Crippen molar-refractivity contribution in [2.75, 3.05) is 16.8 Å². The molecule has 0 fully saturated rings. The Morgan fingerprint density at radius 3 is 2.29 bits per heavy atom. The molecule has 0 unspecified atom stereocenters. The average molecular weight is 367 g/mol. The molecule has 0 atom stereocenters. The van der Waals surface area contributed by atoms with Gasteiger partial charge in [0.2, 0.25) is 5.91 Å². The van der Waals surface area contributed by atoms with E-state index in [4.69, 9.17) is 0 Å². The summed E-state index contributed by atoms with van der Waals surface area (Å²) < 4.78 is 37.1. The van der Waals surface area contributed by atoms with Crippen molar-refractivity contribution in [2.45, 2.75) is 23.1 Å². The molecule has 0 heterocycles. The number of rotatable bonds is 7. The molecule has 0 aliphatic carbocycles. The number of sulfone groups is 1. The number of halogens is 1. The highest BCUT2D eigenvalue weighted by molar-refractivity contribution is 7.99. The van der Waals surface area contributed by atoms with Crippen LogP contribution < -0.4 is 5.32 Å². The molecule has 128 valence electrons. The molecule has 0 bridgehead atoms. The molecule has 7 heteroatoms. The van der Waals surface area contributed by atoms with Gasteiger partial charge in [0.1, 0.15) is 5.82 Å². The first-order valence-electron chi connectivity index (χ1n) is 7.35. The second-order valence-corrected chi connectivity index (χ2v) is 8.46. The van der Waals surface area contributed by atoms with Crippen molar-refractivity contribution in [1.29, 1.82) is 0 Å². The van der Waals surface area contributed by atoms with Crippen molar-refractivity contribution in [2.24, 2.45) is 0 Å². The van der Waals surface area contributed by atoms with Crippen LogP contribution in [0.4, 0.5) is 10.1 Å². The highest BCUT2D eigenvalue weighted by Crippen LogP contribution is 2.22. The topological polar surface area (TPSA) is 63.2 Å². The first-order valence-corrected chi connectivity index (χ1v) is 9.99. The lowest BCUT2D eigenvalue weighted by atomic mass is 10.3. The molecule has 1 N–H and O–H groups in total. The van der Waals surface area contributed by atoms with E-state index in [1.807, 2.05) is 12.1 Å². The van der Waals surface area contributed by atoms with Crippen LogP contribution in [0.5, 0.6) is 0 Å². The average Bonchev–Trinajstić information content (AvgIpc) is 2.53. The zero-order valence-electron chi connectivity index (χ0n) is 13.2. The molecule has 0 aromatic heterocycles. The monoisotopic (exact) mass is 367 g/mol. The summed E-state index contributed by atoms with van der Waals surface area (Å²) in [6, 6.07) is 12.3. The minimum Gasteiger partial charge on any atom is -0.326 e. The zero-order valence-corrected chi connectivity index (χ0v) is 14.8. The van der Waals surface area contributed by atoms with Crippen molar-refractivity contribution < 1.29 is 17.6 Å². The number of nitrogens with one attached hydrogen (secondary N) is 1. The fraction of sp³-hybridized carbons (Fsp3) is 0.235. The summed E-state index contributed by atoms with van der Waals surface area (Å²) in [5.74, 6) is 0.101. The fourth-order valence-electron chi connectivity index (χ4n) is 2.04. The van der Waals surface area contributed by atoms with Crippen molar-refractivity contribution in [1.82, 2.24) is 0 Å². The molecule has 0 aliphatic heterocycles. The van der Waals surface area contributed by atoms with Crippen LogP contribution >= 0.6 is 11.8 Å². The van der Waals surface area contributed by atoms with Crippen LogP contribution in [0, 0.1) is 5.82 Å². The number of anilines is 1. The van der Waals surface area contributed by atoms with Crippen LogP contribution in [0.15, 0.2) is 58.3 Å². The number of amides is 1. The molecule has 0 saturated heterocycles. The van der Waals surface area contributed by atoms with E-state index in [2.05, 4.69) is 5.32 Å². The third-order valence-electron chi connectivity index (χ3n) is 3.17. The lowest BCUT2D eigenvalue weighted by Crippen LogP contribution is -2.07. The molecule has 2 rings (SSSR count). The molecule has 0 saturated carbocycles. The van der Waals surface area contributed by atoms with Gasteiger partial charge in [0.15, 0.2) is 9.84 Å². The van der Waals surface area contributed by atoms with Crippen LogP contribution in [0.3, 0.4) is 0 Å². The highest BCUT2D eigenvalue weighted by atomic mass is 32.2. The van der Waals surface area contributed by atoms with E-state index in [1.54, 1.807) is 23.9 Å². The first-order chi connectivity index (χ1) is 11.4. The van der Waals surface area contributed by atoms with Gasteiger partial charge in [-0.15, -0.1) is 11.8 Å². The lowest BCUT2D eigenvalue weighted by Gasteiger charge is -2.06. The molecule has 1 amide bonds. The third-order valence-corrected chi connectivity index (χ3v) is 6.09.